The number of aromatic nitrogens is 2. The highest BCUT2D eigenvalue weighted by atomic mass is 35.5. The molecule has 2 rings (SSSR count). The molecule has 0 bridgehead atoms. The van der Waals surface area contributed by atoms with Gasteiger partial charge in [0.25, 0.3) is 0 Å². The van der Waals surface area contributed by atoms with Gasteiger partial charge in [0.05, 0.1) is 35.8 Å². The second-order valence-electron chi connectivity index (χ2n) is 4.87. The van der Waals surface area contributed by atoms with Crippen molar-refractivity contribution in [3.05, 3.63) is 40.6 Å². The molecule has 2 N–H and O–H groups in total. The van der Waals surface area contributed by atoms with Gasteiger partial charge in [-0.2, -0.15) is 5.10 Å². The third kappa shape index (κ3) is 3.18. The summed E-state index contributed by atoms with van der Waals surface area (Å²) in [4.78, 5) is 2.09. The molecular weight excluding hydrogens is 264 g/mol. The zero-order valence-electron chi connectivity index (χ0n) is 11.4. The number of hydrogen-bond donors (Lipinski definition) is 1. The summed E-state index contributed by atoms with van der Waals surface area (Å²) in [5, 5.41) is 4.88. The lowest BCUT2D eigenvalue weighted by Crippen LogP contribution is -2.23. The van der Waals surface area contributed by atoms with Crippen molar-refractivity contribution in [3.8, 4) is 0 Å². The van der Waals surface area contributed by atoms with Crippen LogP contribution in [0.4, 0.5) is 0 Å². The SMILES string of the molecule is Cc1cc(C(N)c2c(Cl)cnn2CCN(C)C)co1. The van der Waals surface area contributed by atoms with E-state index in [4.69, 9.17) is 21.8 Å². The van der Waals surface area contributed by atoms with Crippen molar-refractivity contribution in [1.29, 1.82) is 0 Å². The topological polar surface area (TPSA) is 60.2 Å². The summed E-state index contributed by atoms with van der Waals surface area (Å²) >= 11 is 6.20. The average molecular weight is 283 g/mol. The lowest BCUT2D eigenvalue weighted by Gasteiger charge is -2.15. The van der Waals surface area contributed by atoms with Crippen LogP contribution in [0.15, 0.2) is 22.9 Å². The van der Waals surface area contributed by atoms with Gasteiger partial charge in [-0.3, -0.25) is 4.68 Å². The molecule has 2 aromatic heterocycles. The van der Waals surface area contributed by atoms with E-state index in [1.54, 1.807) is 12.5 Å². The Kier molecular flexibility index (Phi) is 4.29. The zero-order valence-corrected chi connectivity index (χ0v) is 12.2. The number of nitrogens with zero attached hydrogens (tertiary/aromatic N) is 3. The lowest BCUT2D eigenvalue weighted by molar-refractivity contribution is 0.368. The van der Waals surface area contributed by atoms with Crippen molar-refractivity contribution >= 4 is 11.6 Å². The molecular formula is C13H19ClN4O. The summed E-state index contributed by atoms with van der Waals surface area (Å²) in [6.07, 6.45) is 3.30. The molecule has 2 aromatic rings. The van der Waals surface area contributed by atoms with Gasteiger partial charge in [0.15, 0.2) is 0 Å². The summed E-state index contributed by atoms with van der Waals surface area (Å²) in [5.41, 5.74) is 8.00. The average Bonchev–Trinajstić information content (AvgIpc) is 2.92. The van der Waals surface area contributed by atoms with Crippen molar-refractivity contribution in [1.82, 2.24) is 14.7 Å². The van der Waals surface area contributed by atoms with E-state index in [0.717, 1.165) is 30.1 Å². The van der Waals surface area contributed by atoms with Gasteiger partial charge < -0.3 is 15.1 Å². The molecule has 0 amide bonds. The fourth-order valence-electron chi connectivity index (χ4n) is 1.94. The standard InChI is InChI=1S/C13H19ClN4O/c1-9-6-10(8-19-9)12(15)13-11(14)7-16-18(13)5-4-17(2)3/h6-8,12H,4-5,15H2,1-3H3. The highest BCUT2D eigenvalue weighted by Crippen LogP contribution is 2.27. The van der Waals surface area contributed by atoms with Crippen molar-refractivity contribution in [2.45, 2.75) is 19.5 Å². The number of aryl methyl sites for hydroxylation is 1. The van der Waals surface area contributed by atoms with Gasteiger partial charge in [-0.05, 0) is 27.1 Å². The highest BCUT2D eigenvalue weighted by molar-refractivity contribution is 6.31. The van der Waals surface area contributed by atoms with Crippen LogP contribution < -0.4 is 5.73 Å². The Morgan fingerprint density at radius 2 is 2.26 bits per heavy atom. The maximum absolute atomic E-state index is 6.26. The maximum atomic E-state index is 6.26. The zero-order chi connectivity index (χ0) is 14.0. The first-order valence-corrected chi connectivity index (χ1v) is 6.53. The Bertz CT molecular complexity index is 547. The van der Waals surface area contributed by atoms with E-state index in [0.29, 0.717) is 5.02 Å². The number of hydrogen-bond acceptors (Lipinski definition) is 4. The van der Waals surface area contributed by atoms with Gasteiger partial charge in [-0.25, -0.2) is 0 Å². The van der Waals surface area contributed by atoms with Gasteiger partial charge >= 0.3 is 0 Å². The van der Waals surface area contributed by atoms with Crippen molar-refractivity contribution in [3.63, 3.8) is 0 Å². The molecule has 0 aliphatic heterocycles. The van der Waals surface area contributed by atoms with E-state index >= 15 is 0 Å². The normalized spacial score (nSPS) is 13.2. The Morgan fingerprint density at radius 3 is 2.84 bits per heavy atom. The first kappa shape index (κ1) is 14.1. The van der Waals surface area contributed by atoms with Crippen LogP contribution in [0.1, 0.15) is 23.1 Å². The van der Waals surface area contributed by atoms with Crippen LogP contribution in [-0.4, -0.2) is 35.3 Å². The van der Waals surface area contributed by atoms with Gasteiger partial charge in [0.2, 0.25) is 0 Å². The third-order valence-electron chi connectivity index (χ3n) is 3.00. The minimum Gasteiger partial charge on any atom is -0.469 e. The predicted octanol–water partition coefficient (Wildman–Crippen LogP) is 2.05. The number of furan rings is 1. The van der Waals surface area contributed by atoms with Crippen LogP contribution in [0.3, 0.4) is 0 Å². The van der Waals surface area contributed by atoms with Crippen LogP contribution in [0.2, 0.25) is 5.02 Å². The van der Waals surface area contributed by atoms with Gasteiger partial charge in [-0.1, -0.05) is 11.6 Å². The van der Waals surface area contributed by atoms with Gasteiger partial charge in [0, 0.05) is 12.1 Å². The predicted molar refractivity (Wildman–Crippen MR) is 75.3 cm³/mol. The summed E-state index contributed by atoms with van der Waals surface area (Å²) in [6, 6.07) is 1.60. The Labute approximate surface area is 117 Å². The molecule has 0 saturated carbocycles. The van der Waals surface area contributed by atoms with E-state index in [-0.39, 0.29) is 6.04 Å². The molecule has 1 atom stereocenters. The summed E-state index contributed by atoms with van der Waals surface area (Å²) in [5.74, 6) is 0.834. The minimum absolute atomic E-state index is 0.324. The maximum Gasteiger partial charge on any atom is 0.101 e. The fraction of sp³-hybridized carbons (Fsp3) is 0.462. The van der Waals surface area contributed by atoms with Crippen molar-refractivity contribution in [2.75, 3.05) is 20.6 Å². The van der Waals surface area contributed by atoms with Gasteiger partial charge in [0.1, 0.15) is 5.76 Å². The minimum atomic E-state index is -0.324. The molecule has 1 unspecified atom stereocenters. The number of likely N-dealkylation sites (N-methyl/N-ethyl adjacent to an activating group) is 1. The number of nitrogens with two attached hydrogens (primary N) is 1. The van der Waals surface area contributed by atoms with Crippen molar-refractivity contribution in [2.24, 2.45) is 5.73 Å². The van der Waals surface area contributed by atoms with Crippen LogP contribution in [0, 0.1) is 6.92 Å². The second-order valence-corrected chi connectivity index (χ2v) is 5.28. The summed E-state index contributed by atoms with van der Waals surface area (Å²) in [6.45, 7) is 3.52. The first-order valence-electron chi connectivity index (χ1n) is 6.15. The molecule has 0 saturated heterocycles. The molecule has 6 heteroatoms. The van der Waals surface area contributed by atoms with Gasteiger partial charge in [-0.15, -0.1) is 0 Å². The van der Waals surface area contributed by atoms with E-state index < -0.39 is 0 Å². The molecule has 2 heterocycles. The molecule has 0 spiro atoms. The van der Waals surface area contributed by atoms with Crippen molar-refractivity contribution < 1.29 is 4.42 Å². The van der Waals surface area contributed by atoms with E-state index in [9.17, 15) is 0 Å². The lowest BCUT2D eigenvalue weighted by atomic mass is 10.1. The van der Waals surface area contributed by atoms with Crippen LogP contribution in [-0.2, 0) is 6.54 Å². The third-order valence-corrected chi connectivity index (χ3v) is 3.29. The quantitative estimate of drug-likeness (QED) is 0.912. The first-order chi connectivity index (χ1) is 8.99. The fourth-order valence-corrected chi connectivity index (χ4v) is 2.20. The molecule has 0 aliphatic rings. The molecule has 0 aromatic carbocycles. The van der Waals surface area contributed by atoms with Crippen LogP contribution in [0.25, 0.3) is 0 Å². The van der Waals surface area contributed by atoms with Crippen LogP contribution >= 0.6 is 11.6 Å². The smallest absolute Gasteiger partial charge is 0.101 e. The number of rotatable bonds is 5. The summed E-state index contributed by atoms with van der Waals surface area (Å²) < 4.78 is 7.16. The number of halogens is 1. The highest BCUT2D eigenvalue weighted by Gasteiger charge is 2.20. The second kappa shape index (κ2) is 5.77. The Morgan fingerprint density at radius 1 is 1.53 bits per heavy atom. The molecule has 0 aliphatic carbocycles. The summed E-state index contributed by atoms with van der Waals surface area (Å²) in [7, 11) is 4.04. The molecule has 19 heavy (non-hydrogen) atoms. The van der Waals surface area contributed by atoms with E-state index in [1.165, 1.54) is 0 Å². The molecule has 5 nitrogen and oxygen atoms in total. The Hall–Kier alpha value is -1.30. The molecule has 0 fully saturated rings. The molecule has 104 valence electrons. The van der Waals surface area contributed by atoms with E-state index in [1.807, 2.05) is 31.8 Å². The van der Waals surface area contributed by atoms with E-state index in [2.05, 4.69) is 10.00 Å². The molecule has 0 radical (unpaired) electrons. The monoisotopic (exact) mass is 282 g/mol. The Balaban J connectivity index is 2.25. The largest absolute Gasteiger partial charge is 0.469 e. The van der Waals surface area contributed by atoms with Crippen LogP contribution in [0.5, 0.6) is 0 Å².